The van der Waals surface area contributed by atoms with E-state index >= 15 is 0 Å². The second-order valence-corrected chi connectivity index (χ2v) is 5.45. The van der Waals surface area contributed by atoms with Crippen LogP contribution in [0.1, 0.15) is 6.42 Å². The molecule has 1 aliphatic heterocycles. The summed E-state index contributed by atoms with van der Waals surface area (Å²) in [6, 6.07) is 13.0. The Morgan fingerprint density at radius 1 is 1.00 bits per heavy atom. The molecule has 1 aromatic heterocycles. The Bertz CT molecular complexity index is 554. The first-order valence-electron chi connectivity index (χ1n) is 6.65. The van der Waals surface area contributed by atoms with Crippen molar-refractivity contribution in [3.05, 3.63) is 48.8 Å². The Morgan fingerprint density at radius 3 is 2.61 bits per heavy atom. The molecule has 2 aromatic rings. The van der Waals surface area contributed by atoms with Crippen LogP contribution in [0.4, 0.5) is 5.69 Å². The average molecular weight is 236 g/mol. The van der Waals surface area contributed by atoms with E-state index in [2.05, 4.69) is 40.2 Å². The molecule has 1 saturated heterocycles. The molecule has 0 amide bonds. The SMILES string of the molecule is c1cncc(-c2cccc(N3C[C@H]4C[C@H]4C3)c2)c1. The number of hydrogen-bond acceptors (Lipinski definition) is 2. The third-order valence-electron chi connectivity index (χ3n) is 4.18. The molecule has 90 valence electrons. The Kier molecular flexibility index (Phi) is 2.16. The lowest BCUT2D eigenvalue weighted by Crippen LogP contribution is -2.21. The van der Waals surface area contributed by atoms with E-state index in [0.717, 1.165) is 11.8 Å². The van der Waals surface area contributed by atoms with Gasteiger partial charge in [-0.25, -0.2) is 0 Å². The Hall–Kier alpha value is -1.83. The van der Waals surface area contributed by atoms with E-state index in [0.29, 0.717) is 0 Å². The zero-order valence-corrected chi connectivity index (χ0v) is 10.3. The van der Waals surface area contributed by atoms with Gasteiger partial charge in [-0.15, -0.1) is 0 Å². The van der Waals surface area contributed by atoms with E-state index in [1.165, 1.54) is 36.3 Å². The quantitative estimate of drug-likeness (QED) is 0.796. The number of aromatic nitrogens is 1. The van der Waals surface area contributed by atoms with Gasteiger partial charge in [0.1, 0.15) is 0 Å². The third-order valence-corrected chi connectivity index (χ3v) is 4.18. The van der Waals surface area contributed by atoms with Gasteiger partial charge in [-0.2, -0.15) is 0 Å². The van der Waals surface area contributed by atoms with Crippen molar-refractivity contribution in [1.29, 1.82) is 0 Å². The fraction of sp³-hybridized carbons (Fsp3) is 0.312. The molecule has 1 aromatic carbocycles. The summed E-state index contributed by atoms with van der Waals surface area (Å²) in [5.74, 6) is 1.96. The van der Waals surface area contributed by atoms with Crippen LogP contribution in [0.3, 0.4) is 0 Å². The molecular weight excluding hydrogens is 220 g/mol. The van der Waals surface area contributed by atoms with Gasteiger partial charge in [0.25, 0.3) is 0 Å². The van der Waals surface area contributed by atoms with Crippen LogP contribution >= 0.6 is 0 Å². The summed E-state index contributed by atoms with van der Waals surface area (Å²) in [5.41, 5.74) is 3.83. The van der Waals surface area contributed by atoms with Gasteiger partial charge in [-0.05, 0) is 42.0 Å². The lowest BCUT2D eigenvalue weighted by molar-refractivity contribution is 0.820. The second kappa shape index (κ2) is 3.84. The number of fused-ring (bicyclic) bond motifs is 1. The summed E-state index contributed by atoms with van der Waals surface area (Å²) in [6.45, 7) is 2.50. The zero-order valence-electron chi connectivity index (χ0n) is 10.3. The Balaban J connectivity index is 1.65. The lowest BCUT2D eigenvalue weighted by atomic mass is 10.1. The zero-order chi connectivity index (χ0) is 11.9. The molecule has 2 aliphatic rings. The molecule has 0 radical (unpaired) electrons. The molecular formula is C16H16N2. The maximum atomic E-state index is 4.19. The standard InChI is InChI=1S/C16H16N2/c1-3-12(13-4-2-6-17-9-13)8-16(5-1)18-10-14-7-15(14)11-18/h1-6,8-9,14-15H,7,10-11H2/t14-,15+. The summed E-state index contributed by atoms with van der Waals surface area (Å²) in [7, 11) is 0. The monoisotopic (exact) mass is 236 g/mol. The molecule has 0 spiro atoms. The highest BCUT2D eigenvalue weighted by molar-refractivity contribution is 5.68. The van der Waals surface area contributed by atoms with E-state index < -0.39 is 0 Å². The lowest BCUT2D eigenvalue weighted by Gasteiger charge is -2.20. The number of rotatable bonds is 2. The van der Waals surface area contributed by atoms with Crippen LogP contribution < -0.4 is 4.90 Å². The summed E-state index contributed by atoms with van der Waals surface area (Å²) in [5, 5.41) is 0. The molecule has 2 heterocycles. The largest absolute Gasteiger partial charge is 0.371 e. The number of pyridine rings is 1. The van der Waals surface area contributed by atoms with Gasteiger partial charge < -0.3 is 4.90 Å². The summed E-state index contributed by atoms with van der Waals surface area (Å²) < 4.78 is 0. The highest BCUT2D eigenvalue weighted by Gasteiger charge is 2.45. The molecule has 0 unspecified atom stereocenters. The van der Waals surface area contributed by atoms with Gasteiger partial charge >= 0.3 is 0 Å². The molecule has 0 N–H and O–H groups in total. The highest BCUT2D eigenvalue weighted by Crippen LogP contribution is 2.46. The summed E-state index contributed by atoms with van der Waals surface area (Å²) in [4.78, 5) is 6.72. The van der Waals surface area contributed by atoms with Gasteiger partial charge in [0.05, 0.1) is 0 Å². The molecule has 4 rings (SSSR count). The number of piperidine rings is 1. The van der Waals surface area contributed by atoms with E-state index in [9.17, 15) is 0 Å². The fourth-order valence-electron chi connectivity index (χ4n) is 3.02. The molecule has 2 fully saturated rings. The van der Waals surface area contributed by atoms with E-state index in [4.69, 9.17) is 0 Å². The average Bonchev–Trinajstić information content (AvgIpc) is 3.06. The minimum Gasteiger partial charge on any atom is -0.371 e. The highest BCUT2D eigenvalue weighted by atomic mass is 15.2. The minimum atomic E-state index is 0.979. The molecule has 2 atom stereocenters. The smallest absolute Gasteiger partial charge is 0.0372 e. The number of hydrogen-bond donors (Lipinski definition) is 0. The van der Waals surface area contributed by atoms with Crippen molar-refractivity contribution < 1.29 is 0 Å². The minimum absolute atomic E-state index is 0.979. The molecule has 2 heteroatoms. The van der Waals surface area contributed by atoms with Crippen LogP contribution in [-0.2, 0) is 0 Å². The van der Waals surface area contributed by atoms with Crippen molar-refractivity contribution in [3.8, 4) is 11.1 Å². The van der Waals surface area contributed by atoms with E-state index in [1.807, 2.05) is 18.5 Å². The normalized spacial score (nSPS) is 25.0. The topological polar surface area (TPSA) is 16.1 Å². The summed E-state index contributed by atoms with van der Waals surface area (Å²) in [6.07, 6.45) is 5.21. The summed E-state index contributed by atoms with van der Waals surface area (Å²) >= 11 is 0. The van der Waals surface area contributed by atoms with Crippen LogP contribution in [-0.4, -0.2) is 18.1 Å². The van der Waals surface area contributed by atoms with Crippen LogP contribution in [0.25, 0.3) is 11.1 Å². The van der Waals surface area contributed by atoms with Gasteiger partial charge in [0, 0.05) is 36.7 Å². The van der Waals surface area contributed by atoms with Crippen molar-refractivity contribution in [2.24, 2.45) is 11.8 Å². The van der Waals surface area contributed by atoms with Crippen LogP contribution in [0.2, 0.25) is 0 Å². The van der Waals surface area contributed by atoms with Crippen LogP contribution in [0.15, 0.2) is 48.8 Å². The maximum absolute atomic E-state index is 4.19. The predicted molar refractivity (Wildman–Crippen MR) is 73.5 cm³/mol. The second-order valence-electron chi connectivity index (χ2n) is 5.45. The van der Waals surface area contributed by atoms with Crippen LogP contribution in [0, 0.1) is 11.8 Å². The first-order chi connectivity index (χ1) is 8.90. The Labute approximate surface area is 107 Å². The molecule has 1 aliphatic carbocycles. The van der Waals surface area contributed by atoms with Crippen molar-refractivity contribution in [3.63, 3.8) is 0 Å². The van der Waals surface area contributed by atoms with Gasteiger partial charge in [0.15, 0.2) is 0 Å². The first kappa shape index (κ1) is 10.1. The predicted octanol–water partition coefficient (Wildman–Crippen LogP) is 3.20. The maximum Gasteiger partial charge on any atom is 0.0372 e. The number of nitrogens with zero attached hydrogens (tertiary/aromatic N) is 2. The molecule has 1 saturated carbocycles. The van der Waals surface area contributed by atoms with E-state index in [1.54, 1.807) is 0 Å². The Morgan fingerprint density at radius 2 is 1.83 bits per heavy atom. The van der Waals surface area contributed by atoms with Crippen molar-refractivity contribution in [2.75, 3.05) is 18.0 Å². The molecule has 0 bridgehead atoms. The fourth-order valence-corrected chi connectivity index (χ4v) is 3.02. The van der Waals surface area contributed by atoms with Crippen molar-refractivity contribution >= 4 is 5.69 Å². The van der Waals surface area contributed by atoms with Crippen molar-refractivity contribution in [2.45, 2.75) is 6.42 Å². The van der Waals surface area contributed by atoms with Crippen LogP contribution in [0.5, 0.6) is 0 Å². The van der Waals surface area contributed by atoms with Gasteiger partial charge in [0.2, 0.25) is 0 Å². The number of anilines is 1. The molecule has 18 heavy (non-hydrogen) atoms. The van der Waals surface area contributed by atoms with E-state index in [-0.39, 0.29) is 0 Å². The number of benzene rings is 1. The first-order valence-corrected chi connectivity index (χ1v) is 6.65. The molecule has 2 nitrogen and oxygen atoms in total. The van der Waals surface area contributed by atoms with Gasteiger partial charge in [-0.3, -0.25) is 4.98 Å². The van der Waals surface area contributed by atoms with Gasteiger partial charge in [-0.1, -0.05) is 18.2 Å². The third kappa shape index (κ3) is 1.69. The van der Waals surface area contributed by atoms with Crippen molar-refractivity contribution in [1.82, 2.24) is 4.98 Å².